The van der Waals surface area contributed by atoms with Gasteiger partial charge >= 0.3 is 18.2 Å². The van der Waals surface area contributed by atoms with Crippen molar-refractivity contribution in [2.24, 2.45) is 11.7 Å². The highest BCUT2D eigenvalue weighted by molar-refractivity contribution is 7.19. The maximum atomic E-state index is 14.4. The van der Waals surface area contributed by atoms with Crippen LogP contribution in [0.3, 0.4) is 0 Å². The lowest BCUT2D eigenvalue weighted by Gasteiger charge is -2.25. The number of halogens is 1. The summed E-state index contributed by atoms with van der Waals surface area (Å²) < 4.78 is 18.6. The zero-order valence-corrected chi connectivity index (χ0v) is 50.7. The van der Waals surface area contributed by atoms with Crippen LogP contribution >= 0.6 is 22.9 Å². The lowest BCUT2D eigenvalue weighted by Crippen LogP contribution is -2.54. The molecule has 8 rings (SSSR count). The number of nitrogens with two attached hydrogens (primary N) is 1. The Morgan fingerprint density at radius 1 is 0.849 bits per heavy atom. The van der Waals surface area contributed by atoms with Gasteiger partial charge < -0.3 is 60.9 Å². The van der Waals surface area contributed by atoms with E-state index in [0.29, 0.717) is 55.0 Å². The number of likely N-dealkylation sites (tertiary alicyclic amines) is 1. The number of aromatic nitrogens is 1. The Morgan fingerprint density at radius 3 is 2.27 bits per heavy atom. The number of hydrogen-bond acceptors (Lipinski definition) is 14. The van der Waals surface area contributed by atoms with Crippen molar-refractivity contribution in [1.29, 1.82) is 0 Å². The maximum Gasteiger partial charge on any atom is 0.415 e. The first-order valence-corrected chi connectivity index (χ1v) is 30.4. The van der Waals surface area contributed by atoms with E-state index in [4.69, 9.17) is 31.5 Å². The van der Waals surface area contributed by atoms with Crippen molar-refractivity contribution in [2.45, 2.75) is 96.7 Å². The Balaban J connectivity index is 0.811. The van der Waals surface area contributed by atoms with E-state index in [1.165, 1.54) is 41.8 Å². The van der Waals surface area contributed by atoms with E-state index in [1.807, 2.05) is 37.3 Å². The van der Waals surface area contributed by atoms with Gasteiger partial charge in [-0.3, -0.25) is 38.6 Å². The summed E-state index contributed by atoms with van der Waals surface area (Å²) in [6, 6.07) is 15.0. The van der Waals surface area contributed by atoms with Crippen LogP contribution in [0.2, 0.25) is 0 Å². The average molecular weight is 1220 g/mol. The number of hydrogen-bond donors (Lipinski definition) is 6. The highest BCUT2D eigenvalue weighted by atomic mass is 35.5. The van der Waals surface area contributed by atoms with Crippen LogP contribution in [0.25, 0.3) is 21.0 Å². The smallest absolute Gasteiger partial charge is 0.415 e. The Labute approximate surface area is 508 Å². The van der Waals surface area contributed by atoms with Gasteiger partial charge in [-0.05, 0) is 112 Å². The number of aryl methyl sites for hydroxylation is 1. The number of unbranched alkanes of at least 4 members (excludes halogenated alkanes) is 2. The molecule has 3 atom stereocenters. The third-order valence-electron chi connectivity index (χ3n) is 15.4. The Bertz CT molecular complexity index is 3320. The molecule has 0 saturated carbocycles. The maximum absolute atomic E-state index is 14.4. The Morgan fingerprint density at radius 2 is 1.57 bits per heavy atom. The molecule has 7 N–H and O–H groups in total. The summed E-state index contributed by atoms with van der Waals surface area (Å²) in [6.45, 7) is 9.91. The third-order valence-corrected chi connectivity index (χ3v) is 16.8. The van der Waals surface area contributed by atoms with Crippen LogP contribution in [0, 0.1) is 12.8 Å². The van der Waals surface area contributed by atoms with Crippen molar-refractivity contribution in [2.75, 3.05) is 89.2 Å². The molecule has 3 aliphatic rings. The molecule has 25 heteroatoms. The number of imide groups is 1. The van der Waals surface area contributed by atoms with Crippen molar-refractivity contribution < 1.29 is 57.4 Å². The van der Waals surface area contributed by atoms with E-state index in [0.717, 1.165) is 61.7 Å². The number of aromatic amines is 1. The van der Waals surface area contributed by atoms with E-state index in [-0.39, 0.29) is 99.1 Å². The number of H-pyrrole nitrogens is 1. The Hall–Kier alpha value is -8.22. The number of alkyl halides is 1. The molecule has 86 heavy (non-hydrogen) atoms. The molecule has 3 aliphatic heterocycles. The largest absolute Gasteiger partial charge is 0.492 e. The number of carbonyl (C=O) groups excluding carboxylic acids is 9. The SMILES string of the molecule is Cc1cc2c(OC(=O)N(C)CCN(C)C(=O)OCc3ccc(NC(=O)[C@H](CCCNC(N)=O)NC(=O)[C@@H](NC(=O)CCCCCN4C(=O)C=CC4=O)C(C)C)cc3)cc3c(c2s1)[C@@H](CCl)CN3C(=O)c1cc2cc(OCCN3CCCC3)ccc2[nH]1. The summed E-state index contributed by atoms with van der Waals surface area (Å²) in [7, 11) is 3.10. The second kappa shape index (κ2) is 29.7. The van der Waals surface area contributed by atoms with Crippen molar-refractivity contribution in [3.8, 4) is 11.5 Å². The number of likely N-dealkylation sites (N-methyl/N-ethyl adjacent to an activating group) is 2. The number of rotatable bonds is 28. The van der Waals surface area contributed by atoms with Gasteiger partial charge in [-0.15, -0.1) is 22.9 Å². The zero-order chi connectivity index (χ0) is 61.6. The van der Waals surface area contributed by atoms with E-state index in [1.54, 1.807) is 67.5 Å². The fourth-order valence-corrected chi connectivity index (χ4v) is 11.9. The molecule has 0 bridgehead atoms. The summed E-state index contributed by atoms with van der Waals surface area (Å²) in [5, 5.41) is 12.4. The first-order valence-electron chi connectivity index (χ1n) is 29.1. The number of ether oxygens (including phenoxy) is 3. The fraction of sp³-hybridized carbons (Fsp3) is 0.459. The van der Waals surface area contributed by atoms with Crippen molar-refractivity contribution in [3.63, 3.8) is 0 Å². The summed E-state index contributed by atoms with van der Waals surface area (Å²) in [6.07, 6.45) is 5.60. The number of carbonyl (C=O) groups is 9. The molecule has 5 heterocycles. The van der Waals surface area contributed by atoms with Crippen molar-refractivity contribution >= 4 is 109 Å². The summed E-state index contributed by atoms with van der Waals surface area (Å²) >= 11 is 8.14. The van der Waals surface area contributed by atoms with Gasteiger partial charge in [0.2, 0.25) is 17.7 Å². The third kappa shape index (κ3) is 16.6. The number of nitrogens with zero attached hydrogens (tertiary/aromatic N) is 5. The van der Waals surface area contributed by atoms with Gasteiger partial charge in [-0.1, -0.05) is 32.4 Å². The highest BCUT2D eigenvalue weighted by Crippen LogP contribution is 2.49. The summed E-state index contributed by atoms with van der Waals surface area (Å²) in [5.41, 5.74) is 8.94. The van der Waals surface area contributed by atoms with Crippen LogP contribution in [0.4, 0.5) is 25.8 Å². The molecule has 23 nitrogen and oxygen atoms in total. The number of benzene rings is 3. The van der Waals surface area contributed by atoms with Gasteiger partial charge in [-0.2, -0.15) is 0 Å². The van der Waals surface area contributed by atoms with Crippen molar-refractivity contribution in [1.82, 2.24) is 40.5 Å². The van der Waals surface area contributed by atoms with Crippen LogP contribution in [0.15, 0.2) is 72.8 Å². The van der Waals surface area contributed by atoms with E-state index in [9.17, 15) is 43.2 Å². The van der Waals surface area contributed by atoms with Gasteiger partial charge in [-0.25, -0.2) is 14.4 Å². The first kappa shape index (κ1) is 63.8. The van der Waals surface area contributed by atoms with Gasteiger partial charge in [0, 0.05) is 127 Å². The van der Waals surface area contributed by atoms with Gasteiger partial charge in [0.25, 0.3) is 17.7 Å². The molecule has 3 aromatic carbocycles. The van der Waals surface area contributed by atoms with Gasteiger partial charge in [0.05, 0.1) is 5.69 Å². The predicted molar refractivity (Wildman–Crippen MR) is 328 cm³/mol. The number of primary amides is 1. The lowest BCUT2D eigenvalue weighted by atomic mass is 10.0. The number of fused-ring (bicyclic) bond motifs is 4. The second-order valence-electron chi connectivity index (χ2n) is 22.2. The van der Waals surface area contributed by atoms with Crippen LogP contribution in [0.1, 0.15) is 97.6 Å². The van der Waals surface area contributed by atoms with E-state index < -0.39 is 42.1 Å². The molecule has 5 aromatic rings. The van der Waals surface area contributed by atoms with Crippen molar-refractivity contribution in [3.05, 3.63) is 94.5 Å². The quantitative estimate of drug-likeness (QED) is 0.0163. The predicted octanol–water partition coefficient (Wildman–Crippen LogP) is 7.35. The summed E-state index contributed by atoms with van der Waals surface area (Å²) in [4.78, 5) is 129. The average Bonchev–Trinajstić information content (AvgIpc) is 1.69. The van der Waals surface area contributed by atoms with Gasteiger partial charge in [0.1, 0.15) is 42.5 Å². The first-order chi connectivity index (χ1) is 41.3. The highest BCUT2D eigenvalue weighted by Gasteiger charge is 2.37. The molecular weight excluding hydrogens is 1150 g/mol. The molecular formula is C61H76ClN11O12S. The number of anilines is 2. The minimum absolute atomic E-state index is 0.0879. The lowest BCUT2D eigenvalue weighted by molar-refractivity contribution is -0.137. The molecule has 0 spiro atoms. The van der Waals surface area contributed by atoms with Crippen LogP contribution < -0.4 is 41.4 Å². The standard InChI is InChI=1S/C61H76ClN11O12S/c1-37(2)54(68-50(74)13-7-6-8-25-72-51(75)20-21-52(72)76)57(78)67-46(12-11-22-64-59(63)80)56(77)65-42-16-14-39(15-17-42)36-84-60(81)69(4)26-27-70(5)61(82)85-49-33-48-53(55-44(49)30-38(3)86-55)41(34-62)35-73(48)58(79)47-32-40-31-43(18-19-45(40)66-47)83-29-28-71-23-9-10-24-71/h14-21,30-33,37,41,46,54,66H,6-13,22-29,34-36H2,1-5H3,(H,65,77)(H,67,78)(H,68,74)(H3,63,64,80)/t41-,46-,54-/m0/s1. The fourth-order valence-electron chi connectivity index (χ4n) is 10.5. The Kier molecular flexibility index (Phi) is 22.1. The molecule has 1 saturated heterocycles. The van der Waals surface area contributed by atoms with E-state index >= 15 is 0 Å². The van der Waals surface area contributed by atoms with E-state index in [2.05, 4.69) is 31.2 Å². The molecule has 2 aromatic heterocycles. The number of urea groups is 1. The monoisotopic (exact) mass is 1220 g/mol. The number of thiophene rings is 1. The summed E-state index contributed by atoms with van der Waals surface area (Å²) in [5.74, 6) is -1.71. The minimum Gasteiger partial charge on any atom is -0.492 e. The normalized spacial score (nSPS) is 15.5. The molecule has 0 aliphatic carbocycles. The van der Waals surface area contributed by atoms with Crippen LogP contribution in [-0.4, -0.2) is 169 Å². The molecule has 0 unspecified atom stereocenters. The topological polar surface area (TPSA) is 287 Å². The molecule has 10 amide bonds. The number of amides is 10. The minimum atomic E-state index is -1.08. The molecule has 460 valence electrons. The second-order valence-corrected chi connectivity index (χ2v) is 23.8. The van der Waals surface area contributed by atoms with Gasteiger partial charge in [0.15, 0.2) is 0 Å². The van der Waals surface area contributed by atoms with Crippen LogP contribution in [-0.2, 0) is 35.3 Å². The number of nitrogens with one attached hydrogen (secondary N) is 5. The van der Waals surface area contributed by atoms with Crippen LogP contribution in [0.5, 0.6) is 11.5 Å². The molecule has 0 radical (unpaired) electrons. The molecule has 1 fully saturated rings. The zero-order valence-electron chi connectivity index (χ0n) is 49.2.